The first-order valence-corrected chi connectivity index (χ1v) is 8.39. The van der Waals surface area contributed by atoms with Crippen molar-refractivity contribution in [2.45, 2.75) is 55.4 Å². The van der Waals surface area contributed by atoms with E-state index < -0.39 is 0 Å². The summed E-state index contributed by atoms with van der Waals surface area (Å²) in [6.45, 7) is 16.8. The van der Waals surface area contributed by atoms with Gasteiger partial charge in [0.25, 0.3) is 0 Å². The average Bonchev–Trinajstić information content (AvgIpc) is 2.54. The molecule has 0 aliphatic heterocycles. The molecule has 24 heavy (non-hydrogen) atoms. The third-order valence-electron chi connectivity index (χ3n) is 3.44. The van der Waals surface area contributed by atoms with E-state index in [9.17, 15) is 0 Å². The van der Waals surface area contributed by atoms with Gasteiger partial charge in [0.15, 0.2) is 0 Å². The molecule has 1 unspecified atom stereocenters. The van der Waals surface area contributed by atoms with Crippen LogP contribution in [0, 0.1) is 25.8 Å². The molecule has 0 aromatic heterocycles. The number of allylic oxidation sites excluding steroid dienone is 4. The number of aryl methyl sites for hydroxylation is 2. The number of phenols is 1. The molecule has 1 aromatic carbocycles. The van der Waals surface area contributed by atoms with Crippen LogP contribution in [0.5, 0.6) is 5.75 Å². The first kappa shape index (κ1) is 28.5. The molecule has 0 saturated carbocycles. The van der Waals surface area contributed by atoms with Crippen LogP contribution in [0.3, 0.4) is 0 Å². The molecular formula is C20H31Cl2OTi. The van der Waals surface area contributed by atoms with Crippen molar-refractivity contribution in [2.24, 2.45) is 5.92 Å². The zero-order chi connectivity index (χ0) is 17.4. The number of benzene rings is 1. The Balaban J connectivity index is -0.000000283. The summed E-state index contributed by atoms with van der Waals surface area (Å²) in [5.41, 5.74) is 6.45. The van der Waals surface area contributed by atoms with Gasteiger partial charge in [-0.15, -0.1) is 31.7 Å². The molecule has 0 radical (unpaired) electrons. The third kappa shape index (κ3) is 12.1. The van der Waals surface area contributed by atoms with E-state index >= 15 is 0 Å². The van der Waals surface area contributed by atoms with Crippen LogP contribution in [0.1, 0.15) is 52.7 Å². The Labute approximate surface area is 172 Å². The minimum Gasteiger partial charge on any atom is -0.508 e. The van der Waals surface area contributed by atoms with E-state index in [1.807, 2.05) is 19.9 Å². The summed E-state index contributed by atoms with van der Waals surface area (Å²) in [4.78, 5) is 0. The summed E-state index contributed by atoms with van der Waals surface area (Å²) in [6.07, 6.45) is 3.36. The number of phenolic OH excluding ortho intramolecular Hbond substituents is 1. The smallest absolute Gasteiger partial charge is 0.116 e. The van der Waals surface area contributed by atoms with E-state index in [1.54, 1.807) is 12.1 Å². The predicted octanol–water partition coefficient (Wildman–Crippen LogP) is 6.32. The second kappa shape index (κ2) is 13.9. The molecule has 1 N–H and O–H groups in total. The molecular weight excluding hydrogens is 375 g/mol. The topological polar surface area (TPSA) is 20.2 Å². The van der Waals surface area contributed by atoms with E-state index in [1.165, 1.54) is 20.5 Å². The summed E-state index contributed by atoms with van der Waals surface area (Å²) >= 11 is 2.08. The molecule has 0 fully saturated rings. The SMILES string of the molecule is CC1=[C-]C(C)C(C)=C1C.C[C](C)=[Ti+].Cc1cc(C)cc(O)c1.Cl.Cl. The van der Waals surface area contributed by atoms with Gasteiger partial charge in [-0.2, -0.15) is 11.1 Å². The fourth-order valence-corrected chi connectivity index (χ4v) is 2.11. The number of halogens is 2. The van der Waals surface area contributed by atoms with Crippen LogP contribution in [0.4, 0.5) is 0 Å². The summed E-state index contributed by atoms with van der Waals surface area (Å²) in [5.74, 6) is 0.914. The van der Waals surface area contributed by atoms with E-state index in [2.05, 4.69) is 67.6 Å². The quantitative estimate of drug-likeness (QED) is 0.395. The van der Waals surface area contributed by atoms with Crippen LogP contribution >= 0.6 is 24.8 Å². The van der Waals surface area contributed by atoms with Crippen molar-refractivity contribution in [3.8, 4) is 5.75 Å². The van der Waals surface area contributed by atoms with Gasteiger partial charge < -0.3 is 5.11 Å². The minimum absolute atomic E-state index is 0. The minimum atomic E-state index is 0. The van der Waals surface area contributed by atoms with Gasteiger partial charge in [-0.1, -0.05) is 32.8 Å². The molecule has 4 heteroatoms. The van der Waals surface area contributed by atoms with Crippen LogP contribution in [0.15, 0.2) is 34.9 Å². The van der Waals surface area contributed by atoms with E-state index in [0.29, 0.717) is 11.7 Å². The van der Waals surface area contributed by atoms with Gasteiger partial charge in [0.2, 0.25) is 0 Å². The molecule has 1 aromatic rings. The van der Waals surface area contributed by atoms with E-state index in [4.69, 9.17) is 5.11 Å². The van der Waals surface area contributed by atoms with Crippen LogP contribution in [-0.4, -0.2) is 8.92 Å². The maximum atomic E-state index is 8.99. The number of hydrogen-bond acceptors (Lipinski definition) is 1. The Morgan fingerprint density at radius 1 is 0.958 bits per heavy atom. The van der Waals surface area contributed by atoms with E-state index in [0.717, 1.165) is 11.1 Å². The van der Waals surface area contributed by atoms with Crippen LogP contribution in [0.25, 0.3) is 0 Å². The monoisotopic (exact) mass is 405 g/mol. The van der Waals surface area contributed by atoms with Crippen LogP contribution < -0.4 is 0 Å². The normalized spacial score (nSPS) is 14.9. The molecule has 0 spiro atoms. The summed E-state index contributed by atoms with van der Waals surface area (Å²) in [6, 6.07) is 5.51. The van der Waals surface area contributed by atoms with Gasteiger partial charge in [-0.05, 0) is 37.1 Å². The van der Waals surface area contributed by atoms with Crippen molar-refractivity contribution in [1.82, 2.24) is 0 Å². The summed E-state index contributed by atoms with van der Waals surface area (Å²) < 4.78 is 1.42. The first-order chi connectivity index (χ1) is 10.0. The average molecular weight is 406 g/mol. The standard InChI is InChI=1S/C9H13.C8H10O.C3H6.2ClH.Ti/c1-6-5-7(2)9(4)8(6)3;1-6-3-7(2)5-8(9)4-6;1-3-2;;;/h6H,1-4H3;3-5,9H,1-2H3;1-2H3;2*1H;/q-1;;;;;+1. The van der Waals surface area contributed by atoms with Gasteiger partial charge in [0.05, 0.1) is 0 Å². The Hall–Kier alpha value is -0.336. The maximum Gasteiger partial charge on any atom is 0.116 e. The van der Waals surface area contributed by atoms with Crippen molar-refractivity contribution >= 4 is 28.6 Å². The van der Waals surface area contributed by atoms with Crippen molar-refractivity contribution in [2.75, 3.05) is 0 Å². The molecule has 0 bridgehead atoms. The van der Waals surface area contributed by atoms with Crippen LogP contribution in [-0.2, 0) is 20.0 Å². The molecule has 0 amide bonds. The number of aromatic hydroxyl groups is 1. The molecule has 0 saturated heterocycles. The first-order valence-electron chi connectivity index (χ1n) is 7.61. The molecule has 1 aliphatic carbocycles. The molecule has 0 heterocycles. The van der Waals surface area contributed by atoms with E-state index in [-0.39, 0.29) is 24.8 Å². The maximum absolute atomic E-state index is 8.99. The van der Waals surface area contributed by atoms with Crippen LogP contribution in [0.2, 0.25) is 0 Å². The van der Waals surface area contributed by atoms with Gasteiger partial charge >= 0.3 is 37.6 Å². The van der Waals surface area contributed by atoms with Crippen molar-refractivity contribution < 1.29 is 25.1 Å². The fraction of sp³-hybridized carbons (Fsp3) is 0.450. The summed E-state index contributed by atoms with van der Waals surface area (Å²) in [7, 11) is 0. The van der Waals surface area contributed by atoms with Gasteiger partial charge in [0.1, 0.15) is 5.75 Å². The van der Waals surface area contributed by atoms with Gasteiger partial charge in [0, 0.05) is 0 Å². The number of rotatable bonds is 0. The zero-order valence-electron chi connectivity index (χ0n) is 16.1. The fourth-order valence-electron chi connectivity index (χ4n) is 2.11. The predicted molar refractivity (Wildman–Crippen MR) is 108 cm³/mol. The Bertz CT molecular complexity index is 535. The molecule has 2 rings (SSSR count). The van der Waals surface area contributed by atoms with Gasteiger partial charge in [-0.3, -0.25) is 6.08 Å². The summed E-state index contributed by atoms with van der Waals surface area (Å²) in [5, 5.41) is 8.99. The van der Waals surface area contributed by atoms with Gasteiger partial charge in [-0.25, -0.2) is 5.57 Å². The Kier molecular flexibility index (Phi) is 16.5. The Morgan fingerprint density at radius 3 is 1.50 bits per heavy atom. The third-order valence-corrected chi connectivity index (χ3v) is 3.44. The molecule has 1 nitrogen and oxygen atoms in total. The van der Waals surface area contributed by atoms with Crippen molar-refractivity contribution in [1.29, 1.82) is 0 Å². The Morgan fingerprint density at radius 2 is 1.33 bits per heavy atom. The molecule has 1 aliphatic rings. The molecule has 135 valence electrons. The zero-order valence-corrected chi connectivity index (χ0v) is 19.3. The number of hydrogen-bond donors (Lipinski definition) is 1. The second-order valence-electron chi connectivity index (χ2n) is 6.14. The van der Waals surface area contributed by atoms with Crippen molar-refractivity contribution in [3.05, 3.63) is 52.1 Å². The molecule has 1 atom stereocenters. The van der Waals surface area contributed by atoms with Crippen molar-refractivity contribution in [3.63, 3.8) is 0 Å². The largest absolute Gasteiger partial charge is 0.508 e. The second-order valence-corrected chi connectivity index (χ2v) is 7.71.